The van der Waals surface area contributed by atoms with E-state index in [0.29, 0.717) is 5.41 Å². The van der Waals surface area contributed by atoms with Gasteiger partial charge in [-0.2, -0.15) is 0 Å². The third-order valence-corrected chi connectivity index (χ3v) is 5.32. The van der Waals surface area contributed by atoms with Crippen LogP contribution in [0.4, 0.5) is 0 Å². The zero-order valence-corrected chi connectivity index (χ0v) is 11.4. The molecule has 0 bridgehead atoms. The van der Waals surface area contributed by atoms with Gasteiger partial charge in [0.2, 0.25) is 0 Å². The van der Waals surface area contributed by atoms with Gasteiger partial charge in [-0.1, -0.05) is 26.2 Å². The Labute approximate surface area is 106 Å². The molecule has 2 heteroatoms. The van der Waals surface area contributed by atoms with Crippen LogP contribution in [0.1, 0.15) is 51.9 Å². The van der Waals surface area contributed by atoms with Crippen LogP contribution in [0.2, 0.25) is 0 Å². The van der Waals surface area contributed by atoms with Crippen molar-refractivity contribution in [2.45, 2.75) is 51.9 Å². The molecule has 1 spiro atoms. The number of nitrogens with one attached hydrogen (secondary N) is 1. The van der Waals surface area contributed by atoms with Crippen LogP contribution in [-0.4, -0.2) is 37.6 Å². The Balaban J connectivity index is 1.48. The molecule has 1 N–H and O–H groups in total. The predicted molar refractivity (Wildman–Crippen MR) is 72.2 cm³/mol. The van der Waals surface area contributed by atoms with E-state index in [2.05, 4.69) is 17.1 Å². The molecule has 98 valence electrons. The van der Waals surface area contributed by atoms with E-state index in [4.69, 9.17) is 0 Å². The van der Waals surface area contributed by atoms with Gasteiger partial charge in [-0.3, -0.25) is 0 Å². The van der Waals surface area contributed by atoms with Gasteiger partial charge in [0.15, 0.2) is 0 Å². The second-order valence-electron chi connectivity index (χ2n) is 7.30. The summed E-state index contributed by atoms with van der Waals surface area (Å²) in [6, 6.07) is 0. The van der Waals surface area contributed by atoms with Crippen molar-refractivity contribution in [1.29, 1.82) is 0 Å². The number of rotatable bonds is 2. The Bertz CT molecular complexity index is 254. The number of likely N-dealkylation sites (tertiary alicyclic amines) is 1. The van der Waals surface area contributed by atoms with Gasteiger partial charge in [-0.05, 0) is 43.1 Å². The Hall–Kier alpha value is -0.0800. The standard InChI is InChI=1S/C15H28N2/c1-14(6-5-9-16-10-14)11-17-12-15(13-17)7-3-2-4-8-15/h16H,2-13H2,1H3. The molecule has 2 saturated heterocycles. The fourth-order valence-corrected chi connectivity index (χ4v) is 4.43. The molecule has 1 aliphatic carbocycles. The monoisotopic (exact) mass is 236 g/mol. The SMILES string of the molecule is CC1(CN2CC3(CCCCC3)C2)CCCNC1. The second-order valence-corrected chi connectivity index (χ2v) is 7.30. The Kier molecular flexibility index (Phi) is 3.20. The average molecular weight is 236 g/mol. The fraction of sp³-hybridized carbons (Fsp3) is 1.00. The van der Waals surface area contributed by atoms with E-state index in [1.54, 1.807) is 0 Å². The van der Waals surface area contributed by atoms with Crippen molar-refractivity contribution >= 4 is 0 Å². The molecule has 2 aliphatic heterocycles. The molecule has 1 atom stereocenters. The van der Waals surface area contributed by atoms with Gasteiger partial charge in [-0.25, -0.2) is 0 Å². The largest absolute Gasteiger partial charge is 0.316 e. The first-order chi connectivity index (χ1) is 8.20. The first-order valence-corrected chi connectivity index (χ1v) is 7.63. The Morgan fingerprint density at radius 2 is 1.76 bits per heavy atom. The van der Waals surface area contributed by atoms with Gasteiger partial charge in [0.25, 0.3) is 0 Å². The lowest BCUT2D eigenvalue weighted by Crippen LogP contribution is -2.60. The van der Waals surface area contributed by atoms with Crippen molar-refractivity contribution in [2.75, 3.05) is 32.7 Å². The molecule has 3 aliphatic rings. The van der Waals surface area contributed by atoms with Crippen molar-refractivity contribution in [3.8, 4) is 0 Å². The summed E-state index contributed by atoms with van der Waals surface area (Å²) < 4.78 is 0. The number of hydrogen-bond acceptors (Lipinski definition) is 2. The molecular formula is C15H28N2. The first kappa shape index (κ1) is 12.0. The van der Waals surface area contributed by atoms with Crippen molar-refractivity contribution in [3.63, 3.8) is 0 Å². The molecule has 0 amide bonds. The van der Waals surface area contributed by atoms with Crippen molar-refractivity contribution < 1.29 is 0 Å². The van der Waals surface area contributed by atoms with Crippen LogP contribution in [-0.2, 0) is 0 Å². The van der Waals surface area contributed by atoms with Crippen molar-refractivity contribution in [1.82, 2.24) is 10.2 Å². The minimum atomic E-state index is 0.550. The van der Waals surface area contributed by atoms with Crippen LogP contribution in [0.25, 0.3) is 0 Å². The topological polar surface area (TPSA) is 15.3 Å². The zero-order chi connectivity index (χ0) is 11.8. The maximum Gasteiger partial charge on any atom is 0.00507 e. The average Bonchev–Trinajstić information content (AvgIpc) is 2.29. The summed E-state index contributed by atoms with van der Waals surface area (Å²) in [6.07, 6.45) is 10.3. The van der Waals surface area contributed by atoms with Crippen LogP contribution < -0.4 is 5.32 Å². The summed E-state index contributed by atoms with van der Waals surface area (Å²) in [7, 11) is 0. The minimum absolute atomic E-state index is 0.550. The molecule has 0 aromatic carbocycles. The normalized spacial score (nSPS) is 37.9. The second kappa shape index (κ2) is 4.55. The summed E-state index contributed by atoms with van der Waals surface area (Å²) in [4.78, 5) is 2.73. The zero-order valence-electron chi connectivity index (χ0n) is 11.4. The number of piperidine rings is 1. The lowest BCUT2D eigenvalue weighted by Gasteiger charge is -2.55. The summed E-state index contributed by atoms with van der Waals surface area (Å²) in [6.45, 7) is 9.09. The maximum absolute atomic E-state index is 3.57. The molecule has 2 heterocycles. The highest BCUT2D eigenvalue weighted by molar-refractivity contribution is 4.98. The van der Waals surface area contributed by atoms with Crippen LogP contribution in [0, 0.1) is 10.8 Å². The van der Waals surface area contributed by atoms with E-state index >= 15 is 0 Å². The quantitative estimate of drug-likeness (QED) is 0.793. The first-order valence-electron chi connectivity index (χ1n) is 7.63. The van der Waals surface area contributed by atoms with Gasteiger partial charge in [0.05, 0.1) is 0 Å². The van der Waals surface area contributed by atoms with Crippen LogP contribution in [0.5, 0.6) is 0 Å². The Morgan fingerprint density at radius 1 is 1.00 bits per heavy atom. The summed E-state index contributed by atoms with van der Waals surface area (Å²) in [5.74, 6) is 0. The lowest BCUT2D eigenvalue weighted by molar-refractivity contribution is -0.0518. The van der Waals surface area contributed by atoms with Crippen molar-refractivity contribution in [2.24, 2.45) is 10.8 Å². The molecular weight excluding hydrogens is 208 g/mol. The molecule has 1 unspecified atom stereocenters. The van der Waals surface area contributed by atoms with Crippen LogP contribution in [0.3, 0.4) is 0 Å². The van der Waals surface area contributed by atoms with Gasteiger partial charge in [-0.15, -0.1) is 0 Å². The summed E-state index contributed by atoms with van der Waals surface area (Å²) in [5, 5.41) is 3.57. The van der Waals surface area contributed by atoms with E-state index in [0.717, 1.165) is 5.41 Å². The third-order valence-electron chi connectivity index (χ3n) is 5.32. The predicted octanol–water partition coefficient (Wildman–Crippen LogP) is 2.64. The van der Waals surface area contributed by atoms with E-state index in [1.807, 2.05) is 0 Å². The smallest absolute Gasteiger partial charge is 0.00507 e. The van der Waals surface area contributed by atoms with E-state index in [-0.39, 0.29) is 0 Å². The molecule has 0 radical (unpaired) electrons. The Morgan fingerprint density at radius 3 is 2.41 bits per heavy atom. The fourth-order valence-electron chi connectivity index (χ4n) is 4.43. The summed E-state index contributed by atoms with van der Waals surface area (Å²) >= 11 is 0. The molecule has 1 saturated carbocycles. The lowest BCUT2D eigenvalue weighted by atomic mass is 9.67. The highest BCUT2D eigenvalue weighted by atomic mass is 15.2. The van der Waals surface area contributed by atoms with Crippen molar-refractivity contribution in [3.05, 3.63) is 0 Å². The number of hydrogen-bond donors (Lipinski definition) is 1. The van der Waals surface area contributed by atoms with Crippen LogP contribution >= 0.6 is 0 Å². The van der Waals surface area contributed by atoms with E-state index in [1.165, 1.54) is 77.7 Å². The molecule has 0 aromatic rings. The van der Waals surface area contributed by atoms with Crippen LogP contribution in [0.15, 0.2) is 0 Å². The maximum atomic E-state index is 3.57. The minimum Gasteiger partial charge on any atom is -0.316 e. The highest BCUT2D eigenvalue weighted by Crippen LogP contribution is 2.45. The number of nitrogens with zero attached hydrogens (tertiary/aromatic N) is 1. The molecule has 2 nitrogen and oxygen atoms in total. The van der Waals surface area contributed by atoms with E-state index < -0.39 is 0 Å². The highest BCUT2D eigenvalue weighted by Gasteiger charge is 2.45. The van der Waals surface area contributed by atoms with Gasteiger partial charge < -0.3 is 10.2 Å². The molecule has 0 aromatic heterocycles. The third kappa shape index (κ3) is 2.53. The van der Waals surface area contributed by atoms with Gasteiger partial charge in [0, 0.05) is 26.2 Å². The molecule has 3 fully saturated rings. The van der Waals surface area contributed by atoms with Gasteiger partial charge >= 0.3 is 0 Å². The molecule has 17 heavy (non-hydrogen) atoms. The van der Waals surface area contributed by atoms with Gasteiger partial charge in [0.1, 0.15) is 0 Å². The molecule has 3 rings (SSSR count). The summed E-state index contributed by atoms with van der Waals surface area (Å²) in [5.41, 5.74) is 1.31. The van der Waals surface area contributed by atoms with E-state index in [9.17, 15) is 0 Å².